The number of likely N-dealkylation sites (N-methyl/N-ethyl adjacent to an activating group) is 1. The summed E-state index contributed by atoms with van der Waals surface area (Å²) in [6.45, 7) is 5.39. The Hall–Kier alpha value is -1.40. The van der Waals surface area contributed by atoms with Gasteiger partial charge in [-0.05, 0) is 26.4 Å². The molecule has 0 spiro atoms. The van der Waals surface area contributed by atoms with E-state index in [1.165, 1.54) is 0 Å². The second-order valence-electron chi connectivity index (χ2n) is 5.17. The fraction of sp³-hybridized carbons (Fsp3) is 0.667. The first-order valence-electron chi connectivity index (χ1n) is 6.21. The number of anilines is 2. The lowest BCUT2D eigenvalue weighted by Gasteiger charge is -2.24. The number of nitrogen functional groups attached to an aromatic ring is 1. The third-order valence-electron chi connectivity index (χ3n) is 2.48. The van der Waals surface area contributed by atoms with Crippen LogP contribution in [0.5, 0.6) is 0 Å². The minimum absolute atomic E-state index is 0.349. The van der Waals surface area contributed by atoms with E-state index >= 15 is 0 Å². The highest BCUT2D eigenvalue weighted by Gasteiger charge is 2.12. The van der Waals surface area contributed by atoms with Crippen LogP contribution in [0.4, 0.5) is 11.6 Å². The van der Waals surface area contributed by atoms with Crippen molar-refractivity contribution in [3.63, 3.8) is 0 Å². The molecule has 0 saturated carbocycles. The topological polar surface area (TPSA) is 79.1 Å². The van der Waals surface area contributed by atoms with Gasteiger partial charge in [0.1, 0.15) is 5.82 Å². The van der Waals surface area contributed by atoms with Crippen LogP contribution in [-0.4, -0.2) is 41.5 Å². The van der Waals surface area contributed by atoms with Gasteiger partial charge in [-0.3, -0.25) is 4.98 Å². The first-order chi connectivity index (χ1) is 8.51. The number of nitrogens with two attached hydrogens (primary N) is 1. The molecule has 1 aromatic heterocycles. The minimum Gasteiger partial charge on any atom is -0.365 e. The van der Waals surface area contributed by atoms with Crippen LogP contribution in [0.3, 0.4) is 0 Å². The van der Waals surface area contributed by atoms with E-state index in [0.717, 1.165) is 18.8 Å². The van der Waals surface area contributed by atoms with Gasteiger partial charge in [0, 0.05) is 12.6 Å². The van der Waals surface area contributed by atoms with Gasteiger partial charge in [0.25, 0.3) is 0 Å². The maximum atomic E-state index is 5.32. The maximum absolute atomic E-state index is 5.32. The first kappa shape index (κ1) is 14.7. The van der Waals surface area contributed by atoms with E-state index in [1.54, 1.807) is 12.4 Å². The van der Waals surface area contributed by atoms with Crippen molar-refractivity contribution in [2.45, 2.75) is 26.3 Å². The highest BCUT2D eigenvalue weighted by Crippen LogP contribution is 2.12. The lowest BCUT2D eigenvalue weighted by molar-refractivity contribution is 0.356. The number of nitrogens with zero attached hydrogens (tertiary/aromatic N) is 3. The smallest absolute Gasteiger partial charge is 0.160 e. The molecule has 1 heterocycles. The Morgan fingerprint density at radius 2 is 1.94 bits per heavy atom. The molecule has 6 nitrogen and oxygen atoms in total. The fourth-order valence-corrected chi connectivity index (χ4v) is 1.90. The van der Waals surface area contributed by atoms with Gasteiger partial charge in [-0.15, -0.1) is 0 Å². The summed E-state index contributed by atoms with van der Waals surface area (Å²) in [5.74, 6) is 7.26. The second-order valence-corrected chi connectivity index (χ2v) is 5.17. The highest BCUT2D eigenvalue weighted by molar-refractivity contribution is 5.41. The predicted octanol–water partition coefficient (Wildman–Crippen LogP) is 1.15. The Morgan fingerprint density at radius 1 is 1.28 bits per heavy atom. The van der Waals surface area contributed by atoms with Crippen LogP contribution in [0.25, 0.3) is 0 Å². The van der Waals surface area contributed by atoms with E-state index in [4.69, 9.17) is 5.84 Å². The van der Waals surface area contributed by atoms with Gasteiger partial charge in [-0.2, -0.15) is 0 Å². The largest absolute Gasteiger partial charge is 0.365 e. The van der Waals surface area contributed by atoms with Crippen LogP contribution >= 0.6 is 0 Å². The molecule has 0 radical (unpaired) electrons. The van der Waals surface area contributed by atoms with E-state index in [1.807, 2.05) is 0 Å². The average molecular weight is 252 g/mol. The molecular weight excluding hydrogens is 228 g/mol. The van der Waals surface area contributed by atoms with Crippen LogP contribution < -0.4 is 16.6 Å². The zero-order valence-corrected chi connectivity index (χ0v) is 11.6. The molecule has 0 aliphatic heterocycles. The lowest BCUT2D eigenvalue weighted by atomic mass is 10.0. The van der Waals surface area contributed by atoms with Crippen molar-refractivity contribution in [3.8, 4) is 0 Å². The van der Waals surface area contributed by atoms with Crippen molar-refractivity contribution in [3.05, 3.63) is 12.4 Å². The molecule has 1 rings (SSSR count). The van der Waals surface area contributed by atoms with Crippen molar-refractivity contribution in [2.24, 2.45) is 11.8 Å². The van der Waals surface area contributed by atoms with Crippen LogP contribution in [0, 0.1) is 5.92 Å². The van der Waals surface area contributed by atoms with E-state index in [-0.39, 0.29) is 0 Å². The van der Waals surface area contributed by atoms with Crippen LogP contribution in [0.15, 0.2) is 12.4 Å². The van der Waals surface area contributed by atoms with Crippen LogP contribution in [0.2, 0.25) is 0 Å². The number of nitrogens with one attached hydrogen (secondary N) is 2. The summed E-state index contributed by atoms with van der Waals surface area (Å²) in [6.07, 6.45) is 4.39. The van der Waals surface area contributed by atoms with Gasteiger partial charge in [0.2, 0.25) is 0 Å². The number of hydrogen-bond donors (Lipinski definition) is 3. The predicted molar refractivity (Wildman–Crippen MR) is 75.3 cm³/mol. The summed E-state index contributed by atoms with van der Waals surface area (Å²) in [4.78, 5) is 10.6. The van der Waals surface area contributed by atoms with Gasteiger partial charge in [-0.25, -0.2) is 10.8 Å². The summed E-state index contributed by atoms with van der Waals surface area (Å²) in [6, 6.07) is 0.349. The number of hydrazine groups is 1. The molecule has 4 N–H and O–H groups in total. The zero-order valence-electron chi connectivity index (χ0n) is 11.6. The van der Waals surface area contributed by atoms with E-state index in [2.05, 4.69) is 53.6 Å². The lowest BCUT2D eigenvalue weighted by Crippen LogP contribution is -2.33. The van der Waals surface area contributed by atoms with Gasteiger partial charge in [-0.1, -0.05) is 13.8 Å². The SMILES string of the molecule is CC(C)CC(CN(C)C)Nc1cncc(NN)n1. The number of rotatable bonds is 7. The molecule has 0 aliphatic carbocycles. The molecule has 1 aromatic rings. The highest BCUT2D eigenvalue weighted by atomic mass is 15.3. The van der Waals surface area contributed by atoms with Gasteiger partial charge < -0.3 is 15.6 Å². The quantitative estimate of drug-likeness (QED) is 0.499. The maximum Gasteiger partial charge on any atom is 0.160 e. The standard InChI is InChI=1S/C12H24N6/c1-9(2)5-10(8-18(3)4)15-11-6-14-7-12(16-11)17-13/h6-7,9-10H,5,8,13H2,1-4H3,(H2,15,16,17). The average Bonchev–Trinajstić information content (AvgIpc) is 2.27. The molecule has 1 atom stereocenters. The molecule has 18 heavy (non-hydrogen) atoms. The van der Waals surface area contributed by atoms with E-state index < -0.39 is 0 Å². The van der Waals surface area contributed by atoms with Crippen molar-refractivity contribution >= 4 is 11.6 Å². The summed E-state index contributed by atoms with van der Waals surface area (Å²) >= 11 is 0. The zero-order chi connectivity index (χ0) is 13.5. The molecule has 0 aromatic carbocycles. The monoisotopic (exact) mass is 252 g/mol. The molecule has 102 valence electrons. The Bertz CT molecular complexity index is 342. The second kappa shape index (κ2) is 7.13. The Balaban J connectivity index is 2.68. The fourth-order valence-electron chi connectivity index (χ4n) is 1.90. The molecule has 0 bridgehead atoms. The normalized spacial score (nSPS) is 12.8. The summed E-state index contributed by atoms with van der Waals surface area (Å²) in [7, 11) is 4.14. The Morgan fingerprint density at radius 3 is 2.50 bits per heavy atom. The third kappa shape index (κ3) is 5.29. The molecule has 6 heteroatoms. The molecule has 0 saturated heterocycles. The minimum atomic E-state index is 0.349. The number of aromatic nitrogens is 2. The number of hydrogen-bond acceptors (Lipinski definition) is 6. The van der Waals surface area contributed by atoms with Gasteiger partial charge in [0.05, 0.1) is 12.4 Å². The van der Waals surface area contributed by atoms with Crippen LogP contribution in [0.1, 0.15) is 20.3 Å². The molecule has 0 amide bonds. The van der Waals surface area contributed by atoms with Crippen molar-refractivity contribution in [1.29, 1.82) is 0 Å². The molecule has 0 fully saturated rings. The molecule has 1 unspecified atom stereocenters. The van der Waals surface area contributed by atoms with Gasteiger partial charge in [0.15, 0.2) is 5.82 Å². The van der Waals surface area contributed by atoms with Crippen molar-refractivity contribution in [1.82, 2.24) is 14.9 Å². The van der Waals surface area contributed by atoms with E-state index in [0.29, 0.717) is 17.8 Å². The Labute approximate surface area is 109 Å². The summed E-state index contributed by atoms with van der Waals surface area (Å²) in [5.41, 5.74) is 2.50. The van der Waals surface area contributed by atoms with E-state index in [9.17, 15) is 0 Å². The van der Waals surface area contributed by atoms with Crippen molar-refractivity contribution in [2.75, 3.05) is 31.4 Å². The Kier molecular flexibility index (Phi) is 5.80. The van der Waals surface area contributed by atoms with Crippen LogP contribution in [-0.2, 0) is 0 Å². The first-order valence-corrected chi connectivity index (χ1v) is 6.21. The summed E-state index contributed by atoms with van der Waals surface area (Å²) < 4.78 is 0. The van der Waals surface area contributed by atoms with Gasteiger partial charge >= 0.3 is 0 Å². The van der Waals surface area contributed by atoms with Crippen molar-refractivity contribution < 1.29 is 0 Å². The third-order valence-corrected chi connectivity index (χ3v) is 2.48. The molecule has 0 aliphatic rings. The molecular formula is C12H24N6. The summed E-state index contributed by atoms with van der Waals surface area (Å²) in [5, 5.41) is 3.41.